The van der Waals surface area contributed by atoms with Crippen molar-refractivity contribution in [3.8, 4) is 34.0 Å². The molecule has 0 spiro atoms. The minimum atomic E-state index is -0.972. The third-order valence-electron chi connectivity index (χ3n) is 3.69. The zero-order chi connectivity index (χ0) is 15.8. The van der Waals surface area contributed by atoms with Gasteiger partial charge in [0.15, 0.2) is 11.5 Å². The second-order valence-electron chi connectivity index (χ2n) is 5.09. The Morgan fingerprint density at radius 1 is 1.09 bits per heavy atom. The summed E-state index contributed by atoms with van der Waals surface area (Å²) in [6.45, 7) is 0.219. The Bertz CT molecular complexity index is 901. The van der Waals surface area contributed by atoms with Crippen LogP contribution < -0.4 is 9.47 Å². The van der Waals surface area contributed by atoms with Crippen LogP contribution in [0.4, 0.5) is 0 Å². The number of carbonyl (C=O) groups is 1. The third-order valence-corrected chi connectivity index (χ3v) is 3.69. The summed E-state index contributed by atoms with van der Waals surface area (Å²) in [7, 11) is 0. The van der Waals surface area contributed by atoms with E-state index in [1.165, 1.54) is 0 Å². The van der Waals surface area contributed by atoms with E-state index < -0.39 is 5.97 Å². The van der Waals surface area contributed by atoms with Gasteiger partial charge >= 0.3 is 5.97 Å². The van der Waals surface area contributed by atoms with Gasteiger partial charge in [0.2, 0.25) is 6.79 Å². The fraction of sp³-hybridized carbons (Fsp3) is 0.0588. The van der Waals surface area contributed by atoms with Crippen molar-refractivity contribution in [2.45, 2.75) is 0 Å². The number of carboxylic acid groups (broad SMARTS) is 1. The number of rotatable bonds is 3. The number of fused-ring (bicyclic) bond motifs is 1. The first-order chi connectivity index (χ1) is 11.2. The second kappa shape index (κ2) is 5.17. The fourth-order valence-electron chi connectivity index (χ4n) is 2.57. The lowest BCUT2D eigenvalue weighted by Gasteiger charge is -2.02. The third kappa shape index (κ3) is 2.30. The van der Waals surface area contributed by atoms with Crippen LogP contribution in [0.3, 0.4) is 0 Å². The maximum absolute atomic E-state index is 11.3. The molecule has 0 saturated heterocycles. The maximum atomic E-state index is 11.3. The van der Waals surface area contributed by atoms with Gasteiger partial charge in [-0.15, -0.1) is 0 Å². The highest BCUT2D eigenvalue weighted by Gasteiger charge is 2.17. The molecule has 2 aromatic carbocycles. The number of nitrogens with one attached hydrogen (secondary N) is 1. The largest absolute Gasteiger partial charge is 0.478 e. The number of benzene rings is 2. The van der Waals surface area contributed by atoms with E-state index in [0.717, 1.165) is 5.56 Å². The van der Waals surface area contributed by atoms with Crippen LogP contribution in [-0.2, 0) is 0 Å². The van der Waals surface area contributed by atoms with E-state index in [2.05, 4.69) is 10.2 Å². The highest BCUT2D eigenvalue weighted by Crippen LogP contribution is 2.36. The molecule has 0 unspecified atom stereocenters. The molecular formula is C17H12N2O4. The van der Waals surface area contributed by atoms with Gasteiger partial charge in [-0.25, -0.2) is 4.79 Å². The summed E-state index contributed by atoms with van der Waals surface area (Å²) in [5.41, 5.74) is 3.05. The molecule has 1 aliphatic rings. The zero-order valence-corrected chi connectivity index (χ0v) is 11.9. The first-order valence-corrected chi connectivity index (χ1v) is 7.00. The van der Waals surface area contributed by atoms with Gasteiger partial charge in [0.05, 0.1) is 17.0 Å². The van der Waals surface area contributed by atoms with Crippen LogP contribution in [0.1, 0.15) is 10.4 Å². The Balaban J connectivity index is 1.74. The van der Waals surface area contributed by atoms with Gasteiger partial charge < -0.3 is 14.6 Å². The Morgan fingerprint density at radius 3 is 2.78 bits per heavy atom. The summed E-state index contributed by atoms with van der Waals surface area (Å²) in [6.07, 6.45) is 0. The molecule has 0 atom stereocenters. The van der Waals surface area contributed by atoms with Crippen LogP contribution >= 0.6 is 0 Å². The first-order valence-electron chi connectivity index (χ1n) is 7.00. The molecule has 2 heterocycles. The number of hydrogen-bond acceptors (Lipinski definition) is 4. The molecule has 0 radical (unpaired) electrons. The molecule has 23 heavy (non-hydrogen) atoms. The Hall–Kier alpha value is -3.28. The summed E-state index contributed by atoms with van der Waals surface area (Å²) in [5, 5.41) is 16.5. The molecule has 0 amide bonds. The molecule has 0 fully saturated rings. The summed E-state index contributed by atoms with van der Waals surface area (Å²) in [4.78, 5) is 11.3. The molecule has 4 rings (SSSR count). The number of ether oxygens (including phenoxy) is 2. The van der Waals surface area contributed by atoms with E-state index in [0.29, 0.717) is 28.5 Å². The van der Waals surface area contributed by atoms with Crippen LogP contribution in [0.15, 0.2) is 48.5 Å². The quantitative estimate of drug-likeness (QED) is 0.776. The number of hydrogen-bond donors (Lipinski definition) is 2. The van der Waals surface area contributed by atoms with E-state index in [1.54, 1.807) is 24.3 Å². The Morgan fingerprint density at radius 2 is 1.91 bits per heavy atom. The summed E-state index contributed by atoms with van der Waals surface area (Å²) < 4.78 is 10.7. The van der Waals surface area contributed by atoms with Gasteiger partial charge in [0.25, 0.3) is 0 Å². The standard InChI is InChI=1S/C17H12N2O4/c20-17(21)12-4-2-1-3-11(12)14-8-13(18-19-14)10-5-6-15-16(7-10)23-9-22-15/h1-8H,9H2,(H,18,19)(H,20,21). The minimum absolute atomic E-state index is 0.219. The van der Waals surface area contributed by atoms with Gasteiger partial charge in [-0.2, -0.15) is 5.10 Å². The number of carboxylic acids is 1. The minimum Gasteiger partial charge on any atom is -0.478 e. The van der Waals surface area contributed by atoms with Crippen molar-refractivity contribution in [2.24, 2.45) is 0 Å². The molecule has 6 heteroatoms. The van der Waals surface area contributed by atoms with Gasteiger partial charge in [-0.3, -0.25) is 5.10 Å². The van der Waals surface area contributed by atoms with Crippen molar-refractivity contribution in [1.29, 1.82) is 0 Å². The predicted molar refractivity (Wildman–Crippen MR) is 82.5 cm³/mol. The van der Waals surface area contributed by atoms with E-state index >= 15 is 0 Å². The van der Waals surface area contributed by atoms with E-state index in [9.17, 15) is 9.90 Å². The molecule has 0 aliphatic carbocycles. The SMILES string of the molecule is O=C(O)c1ccccc1-c1cc(-c2ccc3c(c2)OCO3)n[nH]1. The number of H-pyrrole nitrogens is 1. The van der Waals surface area contributed by atoms with Gasteiger partial charge in [0, 0.05) is 11.1 Å². The van der Waals surface area contributed by atoms with Crippen molar-refractivity contribution < 1.29 is 19.4 Å². The fourth-order valence-corrected chi connectivity index (χ4v) is 2.57. The molecular weight excluding hydrogens is 296 g/mol. The second-order valence-corrected chi connectivity index (χ2v) is 5.09. The van der Waals surface area contributed by atoms with Gasteiger partial charge in [-0.05, 0) is 30.3 Å². The van der Waals surface area contributed by atoms with E-state index in [-0.39, 0.29) is 12.4 Å². The molecule has 3 aromatic rings. The molecule has 0 bridgehead atoms. The van der Waals surface area contributed by atoms with Crippen LogP contribution in [0, 0.1) is 0 Å². The van der Waals surface area contributed by atoms with Gasteiger partial charge in [-0.1, -0.05) is 18.2 Å². The van der Waals surface area contributed by atoms with Crippen LogP contribution in [0.2, 0.25) is 0 Å². The highest BCUT2D eigenvalue weighted by molar-refractivity contribution is 5.95. The zero-order valence-electron chi connectivity index (χ0n) is 11.9. The van der Waals surface area contributed by atoms with Crippen molar-refractivity contribution in [2.75, 3.05) is 6.79 Å². The van der Waals surface area contributed by atoms with Gasteiger partial charge in [0.1, 0.15) is 0 Å². The molecule has 2 N–H and O–H groups in total. The number of aromatic nitrogens is 2. The topological polar surface area (TPSA) is 84.4 Å². The van der Waals surface area contributed by atoms with Crippen molar-refractivity contribution in [3.63, 3.8) is 0 Å². The number of aromatic amines is 1. The molecule has 114 valence electrons. The average molecular weight is 308 g/mol. The Kier molecular flexibility index (Phi) is 3.01. The predicted octanol–water partition coefficient (Wildman–Crippen LogP) is 3.17. The van der Waals surface area contributed by atoms with Crippen LogP contribution in [0.25, 0.3) is 22.5 Å². The van der Waals surface area contributed by atoms with Crippen LogP contribution in [-0.4, -0.2) is 28.1 Å². The lowest BCUT2D eigenvalue weighted by Crippen LogP contribution is -1.98. The normalized spacial score (nSPS) is 12.3. The molecule has 1 aliphatic heterocycles. The highest BCUT2D eigenvalue weighted by atomic mass is 16.7. The van der Waals surface area contributed by atoms with Crippen LogP contribution in [0.5, 0.6) is 11.5 Å². The van der Waals surface area contributed by atoms with Crippen molar-refractivity contribution in [3.05, 3.63) is 54.1 Å². The molecule has 6 nitrogen and oxygen atoms in total. The summed E-state index contributed by atoms with van der Waals surface area (Å²) in [5.74, 6) is 0.415. The summed E-state index contributed by atoms with van der Waals surface area (Å²) in [6, 6.07) is 14.2. The summed E-state index contributed by atoms with van der Waals surface area (Å²) >= 11 is 0. The van der Waals surface area contributed by atoms with Crippen molar-refractivity contribution in [1.82, 2.24) is 10.2 Å². The maximum Gasteiger partial charge on any atom is 0.336 e. The molecule has 0 saturated carbocycles. The lowest BCUT2D eigenvalue weighted by atomic mass is 10.0. The smallest absolute Gasteiger partial charge is 0.336 e. The Labute approximate surface area is 131 Å². The first kappa shape index (κ1) is 13.4. The van der Waals surface area contributed by atoms with E-state index in [1.807, 2.05) is 24.3 Å². The average Bonchev–Trinajstić information content (AvgIpc) is 3.23. The molecule has 1 aromatic heterocycles. The van der Waals surface area contributed by atoms with Crippen molar-refractivity contribution >= 4 is 5.97 Å². The monoisotopic (exact) mass is 308 g/mol. The lowest BCUT2D eigenvalue weighted by molar-refractivity contribution is 0.0697. The number of nitrogens with zero attached hydrogens (tertiary/aromatic N) is 1. The van der Waals surface area contributed by atoms with E-state index in [4.69, 9.17) is 9.47 Å². The number of aromatic carboxylic acids is 1.